The number of aliphatic hydroxyl groups is 1. The van der Waals surface area contributed by atoms with Crippen LogP contribution >= 0.6 is 0 Å². The van der Waals surface area contributed by atoms with Gasteiger partial charge in [-0.15, -0.1) is 0 Å². The fraction of sp³-hybridized carbons (Fsp3) is 0.308. The van der Waals surface area contributed by atoms with E-state index < -0.39 is 17.4 Å². The molecular weight excluding hydrogens is 469 g/mol. The maximum Gasteiger partial charge on any atom is 0.343 e. The van der Waals surface area contributed by atoms with Crippen molar-refractivity contribution in [1.29, 1.82) is 0 Å². The SMILES string of the molecule is CC[C@@]1(O)C(=O)OCc2c1cc1n(c2=O)Cc2c-1nc1cc(F)c(C)cc1c2/C=C/COCNC=O. The Hall–Kier alpha value is -3.89. The summed E-state index contributed by atoms with van der Waals surface area (Å²) in [5, 5.41) is 14.2. The Kier molecular flexibility index (Phi) is 5.93. The summed E-state index contributed by atoms with van der Waals surface area (Å²) in [7, 11) is 0. The summed E-state index contributed by atoms with van der Waals surface area (Å²) in [5.74, 6) is -1.20. The van der Waals surface area contributed by atoms with Gasteiger partial charge in [0, 0.05) is 22.6 Å². The quantitative estimate of drug-likeness (QED) is 0.175. The predicted octanol–water partition coefficient (Wildman–Crippen LogP) is 2.26. The van der Waals surface area contributed by atoms with Gasteiger partial charge in [0.2, 0.25) is 6.41 Å². The highest BCUT2D eigenvalue weighted by Gasteiger charge is 2.45. The minimum absolute atomic E-state index is 0.0389. The van der Waals surface area contributed by atoms with Crippen molar-refractivity contribution in [2.24, 2.45) is 0 Å². The van der Waals surface area contributed by atoms with Gasteiger partial charge in [0.15, 0.2) is 5.60 Å². The zero-order valence-electron chi connectivity index (χ0n) is 19.8. The summed E-state index contributed by atoms with van der Waals surface area (Å²) in [5.41, 5.74) is 1.44. The molecule has 0 saturated carbocycles. The number of nitrogens with zero attached hydrogens (tertiary/aromatic N) is 2. The van der Waals surface area contributed by atoms with E-state index in [9.17, 15) is 23.9 Å². The van der Waals surface area contributed by atoms with E-state index in [0.29, 0.717) is 34.3 Å². The Morgan fingerprint density at radius 3 is 2.86 bits per heavy atom. The highest BCUT2D eigenvalue weighted by molar-refractivity contribution is 5.94. The highest BCUT2D eigenvalue weighted by atomic mass is 19.1. The molecule has 0 aliphatic carbocycles. The van der Waals surface area contributed by atoms with Crippen LogP contribution in [0.4, 0.5) is 4.39 Å². The van der Waals surface area contributed by atoms with Gasteiger partial charge in [0.25, 0.3) is 5.56 Å². The first kappa shape index (κ1) is 23.8. The van der Waals surface area contributed by atoms with Crippen molar-refractivity contribution >= 4 is 29.4 Å². The van der Waals surface area contributed by atoms with Gasteiger partial charge in [0.05, 0.1) is 35.6 Å². The molecule has 0 spiro atoms. The van der Waals surface area contributed by atoms with Crippen molar-refractivity contribution in [1.82, 2.24) is 14.9 Å². The Balaban J connectivity index is 1.70. The summed E-state index contributed by atoms with van der Waals surface area (Å²) in [4.78, 5) is 40.9. The molecular formula is C26H24FN3O6. The van der Waals surface area contributed by atoms with Crippen molar-refractivity contribution in [3.8, 4) is 11.4 Å². The normalized spacial score (nSPS) is 18.2. The molecule has 3 aromatic rings. The number of aromatic nitrogens is 2. The number of nitrogens with one attached hydrogen (secondary N) is 1. The van der Waals surface area contributed by atoms with Gasteiger partial charge < -0.3 is 24.5 Å². The lowest BCUT2D eigenvalue weighted by atomic mass is 9.86. The van der Waals surface area contributed by atoms with E-state index in [-0.39, 0.29) is 49.6 Å². The molecule has 2 aromatic heterocycles. The highest BCUT2D eigenvalue weighted by Crippen LogP contribution is 2.40. The van der Waals surface area contributed by atoms with E-state index in [1.165, 1.54) is 10.6 Å². The van der Waals surface area contributed by atoms with Gasteiger partial charge >= 0.3 is 5.97 Å². The van der Waals surface area contributed by atoms with Gasteiger partial charge in [-0.3, -0.25) is 9.59 Å². The Morgan fingerprint density at radius 1 is 1.31 bits per heavy atom. The van der Waals surface area contributed by atoms with Crippen molar-refractivity contribution in [3.63, 3.8) is 0 Å². The first-order valence-electron chi connectivity index (χ1n) is 11.5. The standard InChI is InChI=1S/C26H24FN3O6/c1-3-26(34)19-8-22-23-17(10-30(22)24(32)18(19)11-36-25(26)33)15(5-4-6-35-13-28-12-31)16-7-14(2)20(27)9-21(16)29-23/h4-5,7-9,12,34H,3,6,10-11,13H2,1-2H3,(H,28,31)/b5-4+/t26-/m0/s1. The molecule has 10 heteroatoms. The van der Waals surface area contributed by atoms with Crippen LogP contribution < -0.4 is 10.9 Å². The van der Waals surface area contributed by atoms with E-state index in [1.807, 2.05) is 6.08 Å². The van der Waals surface area contributed by atoms with Gasteiger partial charge in [-0.1, -0.05) is 19.1 Å². The summed E-state index contributed by atoms with van der Waals surface area (Å²) in [6.45, 7) is 3.57. The number of ether oxygens (including phenoxy) is 2. The van der Waals surface area contributed by atoms with Crippen molar-refractivity contribution in [3.05, 3.63) is 68.3 Å². The molecule has 0 bridgehead atoms. The number of rotatable bonds is 7. The van der Waals surface area contributed by atoms with E-state index in [0.717, 1.165) is 11.1 Å². The van der Waals surface area contributed by atoms with Crippen LogP contribution in [0.1, 0.15) is 41.2 Å². The molecule has 0 radical (unpaired) electrons. The molecule has 36 heavy (non-hydrogen) atoms. The fourth-order valence-electron chi connectivity index (χ4n) is 4.82. The summed E-state index contributed by atoms with van der Waals surface area (Å²) < 4.78 is 26.5. The van der Waals surface area contributed by atoms with Crippen LogP contribution in [0.25, 0.3) is 28.4 Å². The Bertz CT molecular complexity index is 1510. The first-order chi connectivity index (χ1) is 17.3. The van der Waals surface area contributed by atoms with Crippen LogP contribution in [0, 0.1) is 12.7 Å². The number of aryl methyl sites for hydroxylation is 1. The molecule has 9 nitrogen and oxygen atoms in total. The van der Waals surface area contributed by atoms with E-state index >= 15 is 0 Å². The zero-order valence-corrected chi connectivity index (χ0v) is 19.8. The van der Waals surface area contributed by atoms with Crippen LogP contribution in [0.5, 0.6) is 0 Å². The number of hydrogen-bond acceptors (Lipinski definition) is 7. The van der Waals surface area contributed by atoms with Crippen LogP contribution in [0.15, 0.2) is 29.1 Å². The number of fused-ring (bicyclic) bond motifs is 5. The topological polar surface area (TPSA) is 120 Å². The largest absolute Gasteiger partial charge is 0.458 e. The third kappa shape index (κ3) is 3.61. The number of carbonyl (C=O) groups excluding carboxylic acids is 2. The molecule has 2 aliphatic heterocycles. The van der Waals surface area contributed by atoms with Gasteiger partial charge in [-0.05, 0) is 36.6 Å². The number of hydrogen-bond donors (Lipinski definition) is 2. The molecule has 1 atom stereocenters. The maximum atomic E-state index is 14.5. The van der Waals surface area contributed by atoms with E-state index in [1.54, 1.807) is 32.1 Å². The molecule has 0 saturated heterocycles. The number of cyclic esters (lactones) is 1. The average Bonchev–Trinajstić information content (AvgIpc) is 3.23. The second-order valence-electron chi connectivity index (χ2n) is 8.81. The van der Waals surface area contributed by atoms with Crippen LogP contribution in [-0.2, 0) is 37.8 Å². The maximum absolute atomic E-state index is 14.5. The average molecular weight is 493 g/mol. The lowest BCUT2D eigenvalue weighted by molar-refractivity contribution is -0.172. The lowest BCUT2D eigenvalue weighted by Crippen LogP contribution is -2.44. The van der Waals surface area contributed by atoms with Crippen molar-refractivity contribution in [2.45, 2.75) is 39.0 Å². The summed E-state index contributed by atoms with van der Waals surface area (Å²) in [6.07, 6.45) is 4.17. The number of amides is 1. The number of carbonyl (C=O) groups is 2. The smallest absolute Gasteiger partial charge is 0.343 e. The zero-order chi connectivity index (χ0) is 25.6. The van der Waals surface area contributed by atoms with Gasteiger partial charge in [0.1, 0.15) is 19.2 Å². The molecule has 5 rings (SSSR count). The molecule has 4 heterocycles. The molecule has 186 valence electrons. The summed E-state index contributed by atoms with van der Waals surface area (Å²) in [6, 6.07) is 4.69. The minimum atomic E-state index is -1.93. The van der Waals surface area contributed by atoms with E-state index in [2.05, 4.69) is 5.32 Å². The first-order valence-corrected chi connectivity index (χ1v) is 11.5. The molecule has 1 aromatic carbocycles. The molecule has 0 unspecified atom stereocenters. The second kappa shape index (κ2) is 8.96. The lowest BCUT2D eigenvalue weighted by Gasteiger charge is -2.31. The molecule has 2 aliphatic rings. The van der Waals surface area contributed by atoms with Crippen molar-refractivity contribution < 1.29 is 28.6 Å². The number of pyridine rings is 2. The van der Waals surface area contributed by atoms with Crippen LogP contribution in [-0.4, -0.2) is 40.4 Å². The van der Waals surface area contributed by atoms with Gasteiger partial charge in [-0.25, -0.2) is 14.2 Å². The third-order valence-corrected chi connectivity index (χ3v) is 6.78. The molecule has 2 N–H and O–H groups in total. The Labute approximate surface area is 205 Å². The van der Waals surface area contributed by atoms with Crippen LogP contribution in [0.2, 0.25) is 0 Å². The number of halogens is 1. The predicted molar refractivity (Wildman–Crippen MR) is 128 cm³/mol. The second-order valence-corrected chi connectivity index (χ2v) is 8.81. The number of esters is 1. The minimum Gasteiger partial charge on any atom is -0.458 e. The molecule has 1 amide bonds. The third-order valence-electron chi connectivity index (χ3n) is 6.78. The van der Waals surface area contributed by atoms with Crippen molar-refractivity contribution in [2.75, 3.05) is 13.3 Å². The summed E-state index contributed by atoms with van der Waals surface area (Å²) >= 11 is 0. The van der Waals surface area contributed by atoms with Crippen LogP contribution in [0.3, 0.4) is 0 Å². The molecule has 0 fully saturated rings. The van der Waals surface area contributed by atoms with Gasteiger partial charge in [-0.2, -0.15) is 0 Å². The Morgan fingerprint density at radius 2 is 2.11 bits per heavy atom. The monoisotopic (exact) mass is 493 g/mol. The fourth-order valence-corrected chi connectivity index (χ4v) is 4.82. The number of benzene rings is 1. The van der Waals surface area contributed by atoms with E-state index in [4.69, 9.17) is 14.5 Å².